The van der Waals surface area contributed by atoms with Gasteiger partial charge in [0, 0.05) is 20.6 Å². The minimum atomic E-state index is -0.689. The summed E-state index contributed by atoms with van der Waals surface area (Å²) >= 11 is 3.26. The average molecular weight is 442 g/mol. The van der Waals surface area contributed by atoms with Crippen molar-refractivity contribution in [1.29, 1.82) is 0 Å². The van der Waals surface area contributed by atoms with Gasteiger partial charge in [0.25, 0.3) is 5.91 Å². The summed E-state index contributed by atoms with van der Waals surface area (Å²) in [7, 11) is 0. The second-order valence-corrected chi connectivity index (χ2v) is 6.62. The summed E-state index contributed by atoms with van der Waals surface area (Å²) in [4.78, 5) is 16.4. The predicted octanol–water partition coefficient (Wildman–Crippen LogP) is 4.95. The van der Waals surface area contributed by atoms with E-state index >= 15 is 0 Å². The second kappa shape index (κ2) is 6.71. The molecular formula is C16H9F2IN2OS. The molecule has 0 fully saturated rings. The Balaban J connectivity index is 1.82. The number of nitrogens with one attached hydrogen (secondary N) is 1. The third-order valence-electron chi connectivity index (χ3n) is 3.05. The van der Waals surface area contributed by atoms with Gasteiger partial charge in [-0.25, -0.2) is 13.8 Å². The number of aromatic nitrogens is 1. The minimum Gasteiger partial charge on any atom is -0.298 e. The molecule has 0 aliphatic heterocycles. The summed E-state index contributed by atoms with van der Waals surface area (Å²) in [5, 5.41) is 4.66. The number of hydrogen-bond acceptors (Lipinski definition) is 3. The van der Waals surface area contributed by atoms with Gasteiger partial charge in [-0.05, 0) is 46.9 Å². The first-order chi connectivity index (χ1) is 11.0. The molecule has 0 aliphatic rings. The Bertz CT molecular complexity index is 882. The maximum atomic E-state index is 13.8. The van der Waals surface area contributed by atoms with E-state index in [4.69, 9.17) is 0 Å². The highest BCUT2D eigenvalue weighted by Crippen LogP contribution is 2.27. The Hall–Kier alpha value is -1.87. The fraction of sp³-hybridized carbons (Fsp3) is 0. The third-order valence-corrected chi connectivity index (χ3v) is 4.75. The van der Waals surface area contributed by atoms with E-state index < -0.39 is 11.6 Å². The molecule has 7 heteroatoms. The lowest BCUT2D eigenvalue weighted by Gasteiger charge is -2.03. The molecule has 0 aliphatic carbocycles. The number of halogens is 3. The van der Waals surface area contributed by atoms with E-state index in [1.807, 2.05) is 12.1 Å². The van der Waals surface area contributed by atoms with Crippen LogP contribution in [0.4, 0.5) is 13.9 Å². The lowest BCUT2D eigenvalue weighted by molar-refractivity contribution is 0.102. The van der Waals surface area contributed by atoms with E-state index in [0.29, 0.717) is 16.4 Å². The lowest BCUT2D eigenvalue weighted by Crippen LogP contribution is -2.13. The topological polar surface area (TPSA) is 42.0 Å². The van der Waals surface area contributed by atoms with E-state index in [0.717, 1.165) is 9.64 Å². The number of thiazole rings is 1. The number of amides is 1. The quantitative estimate of drug-likeness (QED) is 0.584. The van der Waals surface area contributed by atoms with Crippen LogP contribution in [0.15, 0.2) is 47.8 Å². The van der Waals surface area contributed by atoms with Gasteiger partial charge < -0.3 is 0 Å². The van der Waals surface area contributed by atoms with Crippen LogP contribution < -0.4 is 5.32 Å². The smallest absolute Gasteiger partial charge is 0.258 e. The van der Waals surface area contributed by atoms with Crippen LogP contribution in [0.3, 0.4) is 0 Å². The molecule has 23 heavy (non-hydrogen) atoms. The number of benzene rings is 2. The van der Waals surface area contributed by atoms with E-state index in [2.05, 4.69) is 32.9 Å². The summed E-state index contributed by atoms with van der Waals surface area (Å²) in [6.45, 7) is 0. The van der Waals surface area contributed by atoms with Crippen LogP contribution in [0.25, 0.3) is 11.3 Å². The Labute approximate surface area is 148 Å². The highest BCUT2D eigenvalue weighted by atomic mass is 127. The van der Waals surface area contributed by atoms with Gasteiger partial charge in [0.1, 0.15) is 11.6 Å². The molecule has 0 spiro atoms. The predicted molar refractivity (Wildman–Crippen MR) is 94.6 cm³/mol. The Morgan fingerprint density at radius 3 is 2.70 bits per heavy atom. The zero-order chi connectivity index (χ0) is 16.4. The second-order valence-electron chi connectivity index (χ2n) is 4.60. The normalized spacial score (nSPS) is 10.6. The van der Waals surface area contributed by atoms with Crippen molar-refractivity contribution in [2.24, 2.45) is 0 Å². The summed E-state index contributed by atoms with van der Waals surface area (Å²) in [6, 6.07) is 10.5. The maximum Gasteiger partial charge on any atom is 0.258 e. The molecule has 0 bridgehead atoms. The highest BCUT2D eigenvalue weighted by molar-refractivity contribution is 14.1. The molecule has 1 amide bonds. The van der Waals surface area contributed by atoms with Gasteiger partial charge in [-0.2, -0.15) is 0 Å². The average Bonchev–Trinajstić information content (AvgIpc) is 2.95. The monoisotopic (exact) mass is 442 g/mol. The minimum absolute atomic E-state index is 0.192. The van der Waals surface area contributed by atoms with E-state index in [9.17, 15) is 13.6 Å². The summed E-state index contributed by atoms with van der Waals surface area (Å²) in [5.74, 6) is -1.62. The van der Waals surface area contributed by atoms with Crippen molar-refractivity contribution in [2.45, 2.75) is 0 Å². The Kier molecular flexibility index (Phi) is 4.67. The van der Waals surface area contributed by atoms with Gasteiger partial charge in [-0.15, -0.1) is 11.3 Å². The molecule has 0 unspecified atom stereocenters. The van der Waals surface area contributed by atoms with Crippen molar-refractivity contribution in [3.63, 3.8) is 0 Å². The number of nitrogens with zero attached hydrogens (tertiary/aromatic N) is 1. The number of carbonyl (C=O) groups is 1. The van der Waals surface area contributed by atoms with Gasteiger partial charge in [-0.3, -0.25) is 10.1 Å². The van der Waals surface area contributed by atoms with Gasteiger partial charge >= 0.3 is 0 Å². The van der Waals surface area contributed by atoms with Gasteiger partial charge in [-0.1, -0.05) is 12.1 Å². The van der Waals surface area contributed by atoms with Crippen LogP contribution in [0.2, 0.25) is 0 Å². The van der Waals surface area contributed by atoms with Crippen LogP contribution in [0.5, 0.6) is 0 Å². The first kappa shape index (κ1) is 16.0. The van der Waals surface area contributed by atoms with Gasteiger partial charge in [0.2, 0.25) is 0 Å². The van der Waals surface area contributed by atoms with Crippen molar-refractivity contribution in [2.75, 3.05) is 5.32 Å². The summed E-state index contributed by atoms with van der Waals surface area (Å²) in [6.07, 6.45) is 0. The number of hydrogen-bond donors (Lipinski definition) is 1. The fourth-order valence-electron chi connectivity index (χ4n) is 1.96. The van der Waals surface area contributed by atoms with E-state index in [1.165, 1.54) is 23.5 Å². The molecule has 0 atom stereocenters. The Morgan fingerprint density at radius 1 is 1.17 bits per heavy atom. The van der Waals surface area contributed by atoms with E-state index in [1.54, 1.807) is 17.5 Å². The number of rotatable bonds is 3. The zero-order valence-corrected chi connectivity index (χ0v) is 14.5. The van der Waals surface area contributed by atoms with Crippen LogP contribution in [0, 0.1) is 15.2 Å². The third kappa shape index (κ3) is 3.56. The van der Waals surface area contributed by atoms with Crippen LogP contribution >= 0.6 is 33.9 Å². The lowest BCUT2D eigenvalue weighted by atomic mass is 10.1. The molecule has 0 saturated heterocycles. The molecule has 1 N–H and O–H groups in total. The van der Waals surface area contributed by atoms with Crippen molar-refractivity contribution in [3.8, 4) is 11.3 Å². The molecule has 3 nitrogen and oxygen atoms in total. The van der Waals surface area contributed by atoms with Crippen LogP contribution in [-0.4, -0.2) is 10.9 Å². The molecule has 1 heterocycles. The molecule has 2 aromatic carbocycles. The van der Waals surface area contributed by atoms with E-state index in [-0.39, 0.29) is 11.5 Å². The summed E-state index contributed by atoms with van der Waals surface area (Å²) in [5.41, 5.74) is 1.08. The molecule has 116 valence electrons. The molecule has 0 radical (unpaired) electrons. The standard InChI is InChI=1S/C16H9F2IN2OS/c17-9-5-6-10(12(18)7-9)14-8-23-16(20-14)21-15(22)11-3-1-2-4-13(11)19/h1-8H,(H,20,21,22). The number of anilines is 1. The molecular weight excluding hydrogens is 433 g/mol. The Morgan fingerprint density at radius 2 is 1.96 bits per heavy atom. The summed E-state index contributed by atoms with van der Waals surface area (Å²) < 4.78 is 27.5. The van der Waals surface area contributed by atoms with Crippen molar-refractivity contribution in [1.82, 2.24) is 4.98 Å². The first-order valence-corrected chi connectivity index (χ1v) is 8.47. The molecule has 3 aromatic rings. The molecule has 1 aromatic heterocycles. The van der Waals surface area contributed by atoms with Gasteiger partial charge in [0.15, 0.2) is 5.13 Å². The first-order valence-electron chi connectivity index (χ1n) is 6.51. The van der Waals surface area contributed by atoms with Crippen molar-refractivity contribution < 1.29 is 13.6 Å². The molecule has 0 saturated carbocycles. The molecule has 3 rings (SSSR count). The SMILES string of the molecule is O=C(Nc1nc(-c2ccc(F)cc2F)cs1)c1ccccc1I. The zero-order valence-electron chi connectivity index (χ0n) is 11.5. The van der Waals surface area contributed by atoms with Crippen LogP contribution in [0.1, 0.15) is 10.4 Å². The van der Waals surface area contributed by atoms with Crippen molar-refractivity contribution >= 4 is 45.0 Å². The maximum absolute atomic E-state index is 13.8. The highest BCUT2D eigenvalue weighted by Gasteiger charge is 2.14. The van der Waals surface area contributed by atoms with Gasteiger partial charge in [0.05, 0.1) is 11.3 Å². The van der Waals surface area contributed by atoms with Crippen LogP contribution in [-0.2, 0) is 0 Å². The van der Waals surface area contributed by atoms with Crippen molar-refractivity contribution in [3.05, 3.63) is 68.6 Å². The largest absolute Gasteiger partial charge is 0.298 e. The fourth-order valence-corrected chi connectivity index (χ4v) is 3.30. The number of carbonyl (C=O) groups excluding carboxylic acids is 1.